The fourth-order valence-electron chi connectivity index (χ4n) is 4.30. The van der Waals surface area contributed by atoms with Crippen LogP contribution in [0.15, 0.2) is 103 Å². The molecule has 1 aliphatic carbocycles. The van der Waals surface area contributed by atoms with Gasteiger partial charge >= 0.3 is 18.4 Å². The van der Waals surface area contributed by atoms with Gasteiger partial charge < -0.3 is 20.1 Å². The molecule has 1 aromatic heterocycles. The third-order valence-electron chi connectivity index (χ3n) is 6.38. The van der Waals surface area contributed by atoms with E-state index in [1.165, 1.54) is 12.1 Å². The molecule has 0 bridgehead atoms. The van der Waals surface area contributed by atoms with E-state index >= 15 is 0 Å². The highest BCUT2D eigenvalue weighted by molar-refractivity contribution is 5.75. The Balaban J connectivity index is 1.41. The van der Waals surface area contributed by atoms with Gasteiger partial charge in [-0.2, -0.15) is 41.3 Å². The number of hydrogen-bond donors (Lipinski definition) is 2. The maximum absolute atomic E-state index is 13.2. The molecule has 0 spiro atoms. The van der Waals surface area contributed by atoms with E-state index in [0.717, 1.165) is 23.3 Å². The summed E-state index contributed by atoms with van der Waals surface area (Å²) < 4.78 is 89.4. The summed E-state index contributed by atoms with van der Waals surface area (Å²) in [5.74, 6) is 0.0589. The van der Waals surface area contributed by atoms with Gasteiger partial charge in [0, 0.05) is 12.1 Å². The van der Waals surface area contributed by atoms with Gasteiger partial charge in [0.2, 0.25) is 11.9 Å². The molecule has 13 heteroatoms. The molecule has 5 rings (SSSR count). The summed E-state index contributed by atoms with van der Waals surface area (Å²) in [6, 6.07) is 22.3. The van der Waals surface area contributed by atoms with Gasteiger partial charge in [-0.3, -0.25) is 0 Å². The predicted octanol–water partition coefficient (Wildman–Crippen LogP) is 7.85. The van der Waals surface area contributed by atoms with Crippen molar-refractivity contribution in [3.63, 3.8) is 0 Å². The van der Waals surface area contributed by atoms with Crippen LogP contribution in [0.1, 0.15) is 17.5 Å². The Morgan fingerprint density at radius 3 is 2.16 bits per heavy atom. The van der Waals surface area contributed by atoms with Gasteiger partial charge in [-0.15, -0.1) is 0 Å². The average Bonchev–Trinajstić information content (AvgIpc) is 3.00. The van der Waals surface area contributed by atoms with E-state index in [-0.39, 0.29) is 24.1 Å². The monoisotopic (exact) mass is 613 g/mol. The number of aromatic nitrogens is 3. The minimum absolute atomic E-state index is 0.0450. The van der Waals surface area contributed by atoms with Crippen molar-refractivity contribution < 1.29 is 35.8 Å². The standard InChI is InChI=1S/C31H25F6N5O2/c32-30(33,34)20-43-28-41-26(40-27(42-28)39-24-11-7-10-23(18-24)31(35,36)37)38-19-29(44-25-12-5-2-6-13-25)16-14-22(15-17-29)21-8-3-1-4-9-21/h1-16,18H,17,19-20H2,(H2,38,39,40,41,42). The molecule has 1 atom stereocenters. The maximum Gasteiger partial charge on any atom is 0.422 e. The van der Waals surface area contributed by atoms with Gasteiger partial charge in [0.05, 0.1) is 12.1 Å². The fourth-order valence-corrected chi connectivity index (χ4v) is 4.30. The number of nitrogens with one attached hydrogen (secondary N) is 2. The van der Waals surface area contributed by atoms with E-state index in [1.54, 1.807) is 12.1 Å². The molecule has 0 aliphatic heterocycles. The summed E-state index contributed by atoms with van der Waals surface area (Å²) in [7, 11) is 0. The van der Waals surface area contributed by atoms with Gasteiger partial charge in [0.1, 0.15) is 11.4 Å². The van der Waals surface area contributed by atoms with E-state index < -0.39 is 36.1 Å². The molecule has 0 saturated heterocycles. The molecule has 2 N–H and O–H groups in total. The molecule has 3 aromatic carbocycles. The van der Waals surface area contributed by atoms with Crippen molar-refractivity contribution in [1.82, 2.24) is 15.0 Å². The van der Waals surface area contributed by atoms with E-state index in [0.29, 0.717) is 12.2 Å². The first-order valence-corrected chi connectivity index (χ1v) is 13.3. The Morgan fingerprint density at radius 2 is 1.50 bits per heavy atom. The lowest BCUT2D eigenvalue weighted by molar-refractivity contribution is -0.154. The highest BCUT2D eigenvalue weighted by Gasteiger charge is 2.33. The Kier molecular flexibility index (Phi) is 8.74. The molecule has 1 aliphatic rings. The van der Waals surface area contributed by atoms with Crippen LogP contribution in [0.5, 0.6) is 11.8 Å². The largest absolute Gasteiger partial charge is 0.481 e. The molecule has 0 radical (unpaired) electrons. The zero-order valence-corrected chi connectivity index (χ0v) is 22.9. The fraction of sp³-hybridized carbons (Fsp3) is 0.194. The summed E-state index contributed by atoms with van der Waals surface area (Å²) in [6.07, 6.45) is -3.09. The van der Waals surface area contributed by atoms with Gasteiger partial charge in [0.15, 0.2) is 6.61 Å². The molecule has 0 saturated carbocycles. The first-order chi connectivity index (χ1) is 21.0. The lowest BCUT2D eigenvalue weighted by Gasteiger charge is -2.33. The lowest BCUT2D eigenvalue weighted by atomic mass is 9.89. The van der Waals surface area contributed by atoms with Crippen LogP contribution in [0.2, 0.25) is 0 Å². The van der Waals surface area contributed by atoms with Crippen LogP contribution in [0, 0.1) is 0 Å². The molecular formula is C31H25F6N5O2. The van der Waals surface area contributed by atoms with Crippen LogP contribution >= 0.6 is 0 Å². The van der Waals surface area contributed by atoms with E-state index in [2.05, 4.69) is 25.6 Å². The average molecular weight is 614 g/mol. The Hall–Kier alpha value is -5.07. The number of nitrogens with zero attached hydrogens (tertiary/aromatic N) is 3. The molecule has 44 heavy (non-hydrogen) atoms. The molecule has 4 aromatic rings. The molecular weight excluding hydrogens is 588 g/mol. The second-order valence-electron chi connectivity index (χ2n) is 9.77. The third-order valence-corrected chi connectivity index (χ3v) is 6.38. The molecule has 228 valence electrons. The number of anilines is 3. The Bertz CT molecular complexity index is 1630. The highest BCUT2D eigenvalue weighted by Crippen LogP contribution is 2.33. The van der Waals surface area contributed by atoms with Gasteiger partial charge in [-0.25, -0.2) is 0 Å². The van der Waals surface area contributed by atoms with E-state index in [1.807, 2.05) is 66.8 Å². The Morgan fingerprint density at radius 1 is 0.795 bits per heavy atom. The summed E-state index contributed by atoms with van der Waals surface area (Å²) in [5.41, 5.74) is 0.0491. The number of rotatable bonds is 10. The molecule has 1 unspecified atom stereocenters. The first kappa shape index (κ1) is 30.4. The van der Waals surface area contributed by atoms with Gasteiger partial charge in [-0.05, 0) is 47.5 Å². The second kappa shape index (κ2) is 12.7. The van der Waals surface area contributed by atoms with Crippen LogP contribution in [0.3, 0.4) is 0 Å². The number of ether oxygens (including phenoxy) is 2. The number of alkyl halides is 6. The second-order valence-corrected chi connectivity index (χ2v) is 9.77. The molecule has 7 nitrogen and oxygen atoms in total. The van der Waals surface area contributed by atoms with E-state index in [4.69, 9.17) is 9.47 Å². The number of hydrogen-bond acceptors (Lipinski definition) is 7. The highest BCUT2D eigenvalue weighted by atomic mass is 19.4. The van der Waals surface area contributed by atoms with Crippen molar-refractivity contribution in [2.24, 2.45) is 0 Å². The SMILES string of the molecule is FC(F)(F)COc1nc(NCC2(Oc3ccccc3)C=CC(c3ccccc3)=CC2)nc(Nc2cccc(C(F)(F)F)c2)n1. The van der Waals surface area contributed by atoms with Crippen molar-refractivity contribution in [3.05, 3.63) is 114 Å². The van der Waals surface area contributed by atoms with Crippen LogP contribution in [0.25, 0.3) is 5.57 Å². The summed E-state index contributed by atoms with van der Waals surface area (Å²) in [5, 5.41) is 5.57. The molecule has 1 heterocycles. The van der Waals surface area contributed by atoms with E-state index in [9.17, 15) is 26.3 Å². The van der Waals surface area contributed by atoms with Crippen molar-refractivity contribution in [2.75, 3.05) is 23.8 Å². The number of benzene rings is 3. The van der Waals surface area contributed by atoms with Gasteiger partial charge in [-0.1, -0.05) is 66.7 Å². The van der Waals surface area contributed by atoms with Crippen molar-refractivity contribution >= 4 is 23.2 Å². The van der Waals surface area contributed by atoms with Gasteiger partial charge in [0.25, 0.3) is 0 Å². The predicted molar refractivity (Wildman–Crippen MR) is 153 cm³/mol. The van der Waals surface area contributed by atoms with Crippen molar-refractivity contribution in [2.45, 2.75) is 24.4 Å². The first-order valence-electron chi connectivity index (χ1n) is 13.3. The third kappa shape index (κ3) is 8.27. The lowest BCUT2D eigenvalue weighted by Crippen LogP contribution is -2.42. The summed E-state index contributed by atoms with van der Waals surface area (Å²) in [4.78, 5) is 11.9. The zero-order chi connectivity index (χ0) is 31.2. The number of para-hydroxylation sites is 1. The molecule has 0 fully saturated rings. The normalized spacial score (nSPS) is 16.6. The smallest absolute Gasteiger partial charge is 0.422 e. The van der Waals surface area contributed by atoms with Crippen molar-refractivity contribution in [1.29, 1.82) is 0 Å². The van der Waals surface area contributed by atoms with Crippen LogP contribution in [-0.2, 0) is 6.18 Å². The van der Waals surface area contributed by atoms with Crippen molar-refractivity contribution in [3.8, 4) is 11.8 Å². The number of allylic oxidation sites excluding steroid dienone is 2. The van der Waals surface area contributed by atoms with Crippen LogP contribution < -0.4 is 20.1 Å². The topological polar surface area (TPSA) is 81.2 Å². The maximum atomic E-state index is 13.2. The molecule has 0 amide bonds. The number of halogens is 6. The van der Waals surface area contributed by atoms with Crippen LogP contribution in [-0.4, -0.2) is 39.9 Å². The van der Waals surface area contributed by atoms with Crippen LogP contribution in [0.4, 0.5) is 43.9 Å². The zero-order valence-electron chi connectivity index (χ0n) is 22.9. The minimum Gasteiger partial charge on any atom is -0.481 e. The summed E-state index contributed by atoms with van der Waals surface area (Å²) >= 11 is 0. The Labute approximate surface area is 248 Å². The minimum atomic E-state index is -4.68. The summed E-state index contributed by atoms with van der Waals surface area (Å²) in [6.45, 7) is -1.63. The quantitative estimate of drug-likeness (QED) is 0.176.